The lowest BCUT2D eigenvalue weighted by Gasteiger charge is -2.32. The van der Waals surface area contributed by atoms with E-state index in [0.717, 1.165) is 24.2 Å². The summed E-state index contributed by atoms with van der Waals surface area (Å²) >= 11 is 6.04. The molecule has 2 amide bonds. The van der Waals surface area contributed by atoms with E-state index in [1.165, 1.54) is 0 Å². The van der Waals surface area contributed by atoms with E-state index in [-0.39, 0.29) is 23.8 Å². The highest BCUT2D eigenvalue weighted by molar-refractivity contribution is 6.30. The number of para-hydroxylation sites is 1. The van der Waals surface area contributed by atoms with Crippen molar-refractivity contribution < 1.29 is 14.3 Å². The van der Waals surface area contributed by atoms with E-state index >= 15 is 0 Å². The third-order valence-electron chi connectivity index (χ3n) is 5.18. The number of likely N-dealkylation sites (tertiary alicyclic amines) is 1. The Kier molecular flexibility index (Phi) is 7.53. The van der Waals surface area contributed by atoms with Crippen LogP contribution in [-0.2, 0) is 9.59 Å². The van der Waals surface area contributed by atoms with Crippen LogP contribution in [0.5, 0.6) is 5.75 Å². The summed E-state index contributed by atoms with van der Waals surface area (Å²) < 4.78 is 5.62. The zero-order valence-electron chi connectivity index (χ0n) is 16.6. The van der Waals surface area contributed by atoms with Crippen molar-refractivity contribution in [2.24, 2.45) is 5.92 Å². The summed E-state index contributed by atoms with van der Waals surface area (Å²) in [5.41, 5.74) is 0.965. The second kappa shape index (κ2) is 10.3. The highest BCUT2D eigenvalue weighted by Crippen LogP contribution is 2.21. The fourth-order valence-electron chi connectivity index (χ4n) is 3.54. The smallest absolute Gasteiger partial charge is 0.226 e. The van der Waals surface area contributed by atoms with E-state index in [0.29, 0.717) is 31.1 Å². The van der Waals surface area contributed by atoms with Gasteiger partial charge in [0.25, 0.3) is 0 Å². The van der Waals surface area contributed by atoms with Gasteiger partial charge in [-0.3, -0.25) is 9.59 Å². The number of rotatable bonds is 7. The van der Waals surface area contributed by atoms with Gasteiger partial charge in [0.1, 0.15) is 5.75 Å². The highest BCUT2D eigenvalue weighted by atomic mass is 35.5. The Morgan fingerprint density at radius 1 is 1.21 bits per heavy atom. The number of nitrogens with one attached hydrogen (secondary N) is 1. The summed E-state index contributed by atoms with van der Waals surface area (Å²) in [5, 5.41) is 3.71. The van der Waals surface area contributed by atoms with Gasteiger partial charge in [0, 0.05) is 18.1 Å². The van der Waals surface area contributed by atoms with E-state index in [4.69, 9.17) is 16.3 Å². The molecule has 5 nitrogen and oxygen atoms in total. The van der Waals surface area contributed by atoms with E-state index in [9.17, 15) is 9.59 Å². The molecular formula is C23H27ClN2O3. The van der Waals surface area contributed by atoms with Crippen LogP contribution < -0.4 is 10.1 Å². The molecule has 154 valence electrons. The second-order valence-corrected chi connectivity index (χ2v) is 7.81. The second-order valence-electron chi connectivity index (χ2n) is 7.38. The number of hydrogen-bond donors (Lipinski definition) is 1. The average molecular weight is 415 g/mol. The molecule has 2 atom stereocenters. The minimum Gasteiger partial charge on any atom is -0.493 e. The molecule has 0 radical (unpaired) electrons. The molecule has 0 saturated carbocycles. The number of piperidine rings is 1. The zero-order valence-corrected chi connectivity index (χ0v) is 17.4. The van der Waals surface area contributed by atoms with E-state index < -0.39 is 0 Å². The minimum atomic E-state index is -0.190. The normalized spacial score (nSPS) is 17.4. The molecule has 0 spiro atoms. The lowest BCUT2D eigenvalue weighted by molar-refractivity contribution is -0.136. The first-order chi connectivity index (χ1) is 14.0. The summed E-state index contributed by atoms with van der Waals surface area (Å²) in [5.74, 6) is 0.576. The maximum atomic E-state index is 12.7. The van der Waals surface area contributed by atoms with Crippen LogP contribution in [-0.4, -0.2) is 36.4 Å². The largest absolute Gasteiger partial charge is 0.493 e. The van der Waals surface area contributed by atoms with Crippen molar-refractivity contribution in [3.05, 3.63) is 65.2 Å². The van der Waals surface area contributed by atoms with Crippen LogP contribution >= 0.6 is 11.6 Å². The Morgan fingerprint density at radius 2 is 2.00 bits per heavy atom. The van der Waals surface area contributed by atoms with Crippen LogP contribution in [0.4, 0.5) is 0 Å². The molecule has 2 unspecified atom stereocenters. The van der Waals surface area contributed by atoms with Crippen LogP contribution in [0.1, 0.15) is 37.8 Å². The van der Waals surface area contributed by atoms with Gasteiger partial charge in [-0.2, -0.15) is 0 Å². The molecule has 1 aliphatic rings. The number of amides is 2. The first-order valence-corrected chi connectivity index (χ1v) is 10.4. The fraction of sp³-hybridized carbons (Fsp3) is 0.391. The first-order valence-electron chi connectivity index (χ1n) is 10.0. The lowest BCUT2D eigenvalue weighted by atomic mass is 9.96. The van der Waals surface area contributed by atoms with Gasteiger partial charge in [0.05, 0.1) is 25.0 Å². The van der Waals surface area contributed by atoms with Crippen LogP contribution in [0.15, 0.2) is 54.6 Å². The Labute approximate surface area is 177 Å². The van der Waals surface area contributed by atoms with Crippen LogP contribution in [0, 0.1) is 5.92 Å². The number of carbonyl (C=O) groups excluding carboxylic acids is 2. The van der Waals surface area contributed by atoms with Gasteiger partial charge in [-0.05, 0) is 49.6 Å². The maximum absolute atomic E-state index is 12.7. The van der Waals surface area contributed by atoms with Gasteiger partial charge in [-0.25, -0.2) is 0 Å². The van der Waals surface area contributed by atoms with Crippen molar-refractivity contribution in [1.29, 1.82) is 0 Å². The molecule has 3 rings (SSSR count). The third kappa shape index (κ3) is 6.23. The maximum Gasteiger partial charge on any atom is 0.226 e. The van der Waals surface area contributed by atoms with Gasteiger partial charge in [0.2, 0.25) is 11.8 Å². The summed E-state index contributed by atoms with van der Waals surface area (Å²) in [6.45, 7) is 3.42. The predicted molar refractivity (Wildman–Crippen MR) is 114 cm³/mol. The first kappa shape index (κ1) is 21.2. The Hall–Kier alpha value is -2.53. The molecule has 0 aromatic heterocycles. The molecule has 1 N–H and O–H groups in total. The van der Waals surface area contributed by atoms with E-state index in [1.54, 1.807) is 4.90 Å². The highest BCUT2D eigenvalue weighted by Gasteiger charge is 2.29. The molecule has 6 heteroatoms. The molecule has 29 heavy (non-hydrogen) atoms. The number of benzene rings is 2. The summed E-state index contributed by atoms with van der Waals surface area (Å²) in [4.78, 5) is 27.0. The average Bonchev–Trinajstić information content (AvgIpc) is 2.74. The molecule has 2 aromatic rings. The zero-order chi connectivity index (χ0) is 20.6. The van der Waals surface area contributed by atoms with Crippen molar-refractivity contribution in [3.63, 3.8) is 0 Å². The van der Waals surface area contributed by atoms with Crippen molar-refractivity contribution >= 4 is 23.4 Å². The van der Waals surface area contributed by atoms with E-state index in [2.05, 4.69) is 5.32 Å². The molecular weight excluding hydrogens is 388 g/mol. The fourth-order valence-corrected chi connectivity index (χ4v) is 3.74. The number of hydrogen-bond acceptors (Lipinski definition) is 3. The molecule has 1 aliphatic heterocycles. The number of carbonyl (C=O) groups is 2. The topological polar surface area (TPSA) is 58.6 Å². The van der Waals surface area contributed by atoms with Crippen molar-refractivity contribution in [3.8, 4) is 5.75 Å². The molecule has 0 aliphatic carbocycles. The summed E-state index contributed by atoms with van der Waals surface area (Å²) in [6.07, 6.45) is 1.93. The van der Waals surface area contributed by atoms with Crippen LogP contribution in [0.25, 0.3) is 0 Å². The lowest BCUT2D eigenvalue weighted by Crippen LogP contribution is -2.46. The van der Waals surface area contributed by atoms with Gasteiger partial charge >= 0.3 is 0 Å². The Balaban J connectivity index is 1.47. The van der Waals surface area contributed by atoms with Crippen molar-refractivity contribution in [1.82, 2.24) is 10.2 Å². The Morgan fingerprint density at radius 3 is 2.76 bits per heavy atom. The molecule has 1 fully saturated rings. The van der Waals surface area contributed by atoms with E-state index in [1.807, 2.05) is 61.5 Å². The monoisotopic (exact) mass is 414 g/mol. The van der Waals surface area contributed by atoms with Crippen molar-refractivity contribution in [2.45, 2.75) is 32.2 Å². The summed E-state index contributed by atoms with van der Waals surface area (Å²) in [6, 6.07) is 16.8. The van der Waals surface area contributed by atoms with Gasteiger partial charge in [-0.15, -0.1) is 0 Å². The number of ether oxygens (including phenoxy) is 1. The van der Waals surface area contributed by atoms with Crippen molar-refractivity contribution in [2.75, 3.05) is 19.7 Å². The SMILES string of the molecule is CC(NC(=O)C1CCCN(C(=O)CCOc2ccccc2)C1)c1cccc(Cl)c1. The predicted octanol–water partition coefficient (Wildman–Crippen LogP) is 4.22. The third-order valence-corrected chi connectivity index (χ3v) is 5.42. The molecule has 0 bridgehead atoms. The number of nitrogens with zero attached hydrogens (tertiary/aromatic N) is 1. The molecule has 1 saturated heterocycles. The Bertz CT molecular complexity index is 828. The van der Waals surface area contributed by atoms with Gasteiger partial charge in [0.15, 0.2) is 0 Å². The summed E-state index contributed by atoms with van der Waals surface area (Å²) in [7, 11) is 0. The standard InChI is InChI=1S/C23H27ClN2O3/c1-17(18-7-5-9-20(24)15-18)25-23(28)19-8-6-13-26(16-19)22(27)12-14-29-21-10-3-2-4-11-21/h2-5,7,9-11,15,17,19H,6,8,12-14,16H2,1H3,(H,25,28). The van der Waals surface area contributed by atoms with Gasteiger partial charge < -0.3 is 15.0 Å². The number of halogens is 1. The van der Waals surface area contributed by atoms with Crippen LogP contribution in [0.2, 0.25) is 5.02 Å². The molecule has 2 aromatic carbocycles. The quantitative estimate of drug-likeness (QED) is 0.737. The minimum absolute atomic E-state index is 0.0180. The molecule has 1 heterocycles. The van der Waals surface area contributed by atoms with Gasteiger partial charge in [-0.1, -0.05) is 41.9 Å². The van der Waals surface area contributed by atoms with Crippen LogP contribution in [0.3, 0.4) is 0 Å².